The lowest BCUT2D eigenvalue weighted by atomic mass is 9.77. The number of nitrogens with two attached hydrogens (primary N) is 1. The van der Waals surface area contributed by atoms with Crippen LogP contribution in [-0.2, 0) is 6.54 Å². The molecule has 4 heteroatoms. The minimum absolute atomic E-state index is 0.0863. The van der Waals surface area contributed by atoms with E-state index in [0.717, 1.165) is 11.3 Å². The van der Waals surface area contributed by atoms with Gasteiger partial charge in [-0.05, 0) is 11.6 Å². The van der Waals surface area contributed by atoms with E-state index < -0.39 is 5.92 Å². The third-order valence-corrected chi connectivity index (χ3v) is 2.62. The van der Waals surface area contributed by atoms with E-state index in [0.29, 0.717) is 6.54 Å². The van der Waals surface area contributed by atoms with E-state index in [1.807, 2.05) is 6.07 Å². The molecule has 0 bridgehead atoms. The van der Waals surface area contributed by atoms with Crippen molar-refractivity contribution in [2.75, 3.05) is 0 Å². The fraction of sp³-hybridized carbons (Fsp3) is 0.500. The second kappa shape index (κ2) is 3.28. The van der Waals surface area contributed by atoms with Crippen LogP contribution in [0.15, 0.2) is 18.3 Å². The fourth-order valence-corrected chi connectivity index (χ4v) is 1.85. The monoisotopic (exact) mass is 198 g/mol. The maximum Gasteiger partial charge on any atom is 0.249 e. The van der Waals surface area contributed by atoms with E-state index in [2.05, 4.69) is 4.98 Å². The molecule has 1 saturated carbocycles. The summed E-state index contributed by atoms with van der Waals surface area (Å²) in [5.74, 6) is -2.60. The second-order valence-electron chi connectivity index (χ2n) is 3.71. The Balaban J connectivity index is 2.18. The molecule has 0 radical (unpaired) electrons. The smallest absolute Gasteiger partial charge is 0.249 e. The predicted octanol–water partition coefficient (Wildman–Crippen LogP) is 2.05. The lowest BCUT2D eigenvalue weighted by Gasteiger charge is -2.35. The van der Waals surface area contributed by atoms with Crippen LogP contribution >= 0.6 is 0 Å². The molecule has 2 N–H and O–H groups in total. The molecule has 0 atom stereocenters. The highest BCUT2D eigenvalue weighted by Gasteiger charge is 2.46. The number of pyridine rings is 1. The average molecular weight is 198 g/mol. The van der Waals surface area contributed by atoms with Gasteiger partial charge in [-0.3, -0.25) is 4.98 Å². The summed E-state index contributed by atoms with van der Waals surface area (Å²) in [5.41, 5.74) is 7.14. The number of hydrogen-bond donors (Lipinski definition) is 1. The van der Waals surface area contributed by atoms with Crippen LogP contribution in [0.3, 0.4) is 0 Å². The van der Waals surface area contributed by atoms with E-state index in [4.69, 9.17) is 5.73 Å². The number of rotatable bonds is 2. The highest BCUT2D eigenvalue weighted by molar-refractivity contribution is 5.26. The van der Waals surface area contributed by atoms with Crippen LogP contribution in [0.1, 0.15) is 30.0 Å². The molecule has 0 saturated heterocycles. The SMILES string of the molecule is NCc1cccnc1C1CC(F)(F)C1. The summed E-state index contributed by atoms with van der Waals surface area (Å²) >= 11 is 0. The molecule has 0 unspecified atom stereocenters. The van der Waals surface area contributed by atoms with Gasteiger partial charge in [-0.25, -0.2) is 8.78 Å². The molecule has 2 nitrogen and oxygen atoms in total. The quantitative estimate of drug-likeness (QED) is 0.789. The minimum Gasteiger partial charge on any atom is -0.326 e. The first kappa shape index (κ1) is 9.52. The summed E-state index contributed by atoms with van der Waals surface area (Å²) in [6.07, 6.45) is 1.46. The molecular weight excluding hydrogens is 186 g/mol. The van der Waals surface area contributed by atoms with Gasteiger partial charge in [-0.1, -0.05) is 6.07 Å². The largest absolute Gasteiger partial charge is 0.326 e. The van der Waals surface area contributed by atoms with Crippen molar-refractivity contribution in [3.8, 4) is 0 Å². The van der Waals surface area contributed by atoms with E-state index in [9.17, 15) is 8.78 Å². The van der Waals surface area contributed by atoms with Gasteiger partial charge < -0.3 is 5.73 Å². The molecule has 1 aromatic rings. The molecule has 0 amide bonds. The molecule has 1 fully saturated rings. The third-order valence-electron chi connectivity index (χ3n) is 2.62. The molecule has 14 heavy (non-hydrogen) atoms. The standard InChI is InChI=1S/C10H12F2N2/c11-10(12)4-8(5-10)9-7(6-13)2-1-3-14-9/h1-3,8H,4-6,13H2. The zero-order chi connectivity index (χ0) is 10.2. The van der Waals surface area contributed by atoms with Gasteiger partial charge in [0.15, 0.2) is 0 Å². The van der Waals surface area contributed by atoms with Crippen molar-refractivity contribution in [1.82, 2.24) is 4.98 Å². The predicted molar refractivity (Wildman–Crippen MR) is 49.1 cm³/mol. The first-order chi connectivity index (χ1) is 6.62. The number of nitrogens with zero attached hydrogens (tertiary/aromatic N) is 1. The summed E-state index contributed by atoms with van der Waals surface area (Å²) < 4.78 is 25.3. The summed E-state index contributed by atoms with van der Waals surface area (Å²) in [7, 11) is 0. The summed E-state index contributed by atoms with van der Waals surface area (Å²) in [5, 5.41) is 0. The van der Waals surface area contributed by atoms with E-state index in [1.54, 1.807) is 12.3 Å². The highest BCUT2D eigenvalue weighted by Crippen LogP contribution is 2.48. The van der Waals surface area contributed by atoms with Gasteiger partial charge in [-0.15, -0.1) is 0 Å². The highest BCUT2D eigenvalue weighted by atomic mass is 19.3. The number of aromatic nitrogens is 1. The zero-order valence-corrected chi connectivity index (χ0v) is 7.71. The summed E-state index contributed by atoms with van der Waals surface area (Å²) in [6.45, 7) is 0.366. The van der Waals surface area contributed by atoms with Gasteiger partial charge in [0, 0.05) is 37.2 Å². The van der Waals surface area contributed by atoms with Crippen LogP contribution in [-0.4, -0.2) is 10.9 Å². The Morgan fingerprint density at radius 1 is 1.50 bits per heavy atom. The van der Waals surface area contributed by atoms with Gasteiger partial charge >= 0.3 is 0 Å². The van der Waals surface area contributed by atoms with Gasteiger partial charge in [0.05, 0.1) is 0 Å². The zero-order valence-electron chi connectivity index (χ0n) is 7.71. The molecule has 1 aromatic heterocycles. The number of hydrogen-bond acceptors (Lipinski definition) is 2. The number of halogens is 2. The summed E-state index contributed by atoms with van der Waals surface area (Å²) in [4.78, 5) is 4.12. The van der Waals surface area contributed by atoms with E-state index in [1.165, 1.54) is 0 Å². The Kier molecular flexibility index (Phi) is 2.23. The lowest BCUT2D eigenvalue weighted by Crippen LogP contribution is -2.34. The van der Waals surface area contributed by atoms with Crippen LogP contribution < -0.4 is 5.73 Å². The summed E-state index contributed by atoms with van der Waals surface area (Å²) in [6, 6.07) is 3.63. The first-order valence-electron chi connectivity index (χ1n) is 4.64. The Morgan fingerprint density at radius 3 is 2.79 bits per heavy atom. The Bertz CT molecular complexity index is 331. The van der Waals surface area contributed by atoms with Crippen molar-refractivity contribution in [3.05, 3.63) is 29.6 Å². The maximum atomic E-state index is 12.7. The van der Waals surface area contributed by atoms with Crippen molar-refractivity contribution in [2.45, 2.75) is 31.2 Å². The van der Waals surface area contributed by atoms with Crippen molar-refractivity contribution in [2.24, 2.45) is 5.73 Å². The van der Waals surface area contributed by atoms with Crippen LogP contribution in [0.5, 0.6) is 0 Å². The van der Waals surface area contributed by atoms with Crippen molar-refractivity contribution in [3.63, 3.8) is 0 Å². The molecule has 1 heterocycles. The molecule has 0 aromatic carbocycles. The van der Waals surface area contributed by atoms with Gasteiger partial charge in [0.1, 0.15) is 0 Å². The average Bonchev–Trinajstić information content (AvgIpc) is 2.14. The Morgan fingerprint density at radius 2 is 2.21 bits per heavy atom. The second-order valence-corrected chi connectivity index (χ2v) is 3.71. The van der Waals surface area contributed by atoms with Crippen molar-refractivity contribution >= 4 is 0 Å². The molecular formula is C10H12F2N2. The normalized spacial score (nSPS) is 20.5. The molecule has 0 aliphatic heterocycles. The van der Waals surface area contributed by atoms with Gasteiger partial charge in [0.25, 0.3) is 0 Å². The number of alkyl halides is 2. The van der Waals surface area contributed by atoms with Gasteiger partial charge in [-0.2, -0.15) is 0 Å². The van der Waals surface area contributed by atoms with Crippen LogP contribution in [0.4, 0.5) is 8.78 Å². The maximum absolute atomic E-state index is 12.7. The molecule has 0 spiro atoms. The van der Waals surface area contributed by atoms with E-state index in [-0.39, 0.29) is 18.8 Å². The molecule has 1 aliphatic carbocycles. The fourth-order valence-electron chi connectivity index (χ4n) is 1.85. The minimum atomic E-state index is -2.49. The third kappa shape index (κ3) is 1.62. The van der Waals surface area contributed by atoms with Crippen LogP contribution in [0, 0.1) is 0 Å². The van der Waals surface area contributed by atoms with Gasteiger partial charge in [0.2, 0.25) is 5.92 Å². The molecule has 76 valence electrons. The van der Waals surface area contributed by atoms with Crippen molar-refractivity contribution in [1.29, 1.82) is 0 Å². The van der Waals surface area contributed by atoms with Crippen molar-refractivity contribution < 1.29 is 8.78 Å². The Labute approximate surface area is 81.1 Å². The topological polar surface area (TPSA) is 38.9 Å². The first-order valence-corrected chi connectivity index (χ1v) is 4.64. The van der Waals surface area contributed by atoms with Crippen LogP contribution in [0.25, 0.3) is 0 Å². The lowest BCUT2D eigenvalue weighted by molar-refractivity contribution is -0.0877. The Hall–Kier alpha value is -1.03. The molecule has 1 aliphatic rings. The van der Waals surface area contributed by atoms with E-state index >= 15 is 0 Å². The molecule has 2 rings (SSSR count). The van der Waals surface area contributed by atoms with Crippen LogP contribution in [0.2, 0.25) is 0 Å².